The predicted molar refractivity (Wildman–Crippen MR) is 63.7 cm³/mol. The van der Waals surface area contributed by atoms with Gasteiger partial charge in [-0.1, -0.05) is 19.3 Å². The first kappa shape index (κ1) is 12.5. The van der Waals surface area contributed by atoms with E-state index >= 15 is 0 Å². The summed E-state index contributed by atoms with van der Waals surface area (Å²) in [6, 6.07) is 0.308. The van der Waals surface area contributed by atoms with Gasteiger partial charge in [0.1, 0.15) is 0 Å². The Morgan fingerprint density at radius 3 is 2.53 bits per heavy atom. The van der Waals surface area contributed by atoms with Crippen molar-refractivity contribution in [1.82, 2.24) is 5.32 Å². The van der Waals surface area contributed by atoms with E-state index in [-0.39, 0.29) is 5.60 Å². The zero-order chi connectivity index (χ0) is 11.1. The van der Waals surface area contributed by atoms with Gasteiger partial charge in [-0.25, -0.2) is 0 Å². The van der Waals surface area contributed by atoms with Gasteiger partial charge in [0.05, 0.1) is 5.60 Å². The van der Waals surface area contributed by atoms with Crippen molar-refractivity contribution >= 4 is 0 Å². The first-order valence-corrected chi connectivity index (χ1v) is 6.03. The molecule has 2 nitrogen and oxygen atoms in total. The molecule has 86 valence electrons. The van der Waals surface area contributed by atoms with E-state index in [1.807, 2.05) is 7.05 Å². The van der Waals surface area contributed by atoms with E-state index in [4.69, 9.17) is 11.2 Å². The largest absolute Gasteiger partial charge is 0.374 e. The molecule has 0 saturated heterocycles. The Kier molecular flexibility index (Phi) is 5.14. The molecule has 0 bridgehead atoms. The molecule has 0 spiro atoms. The second kappa shape index (κ2) is 6.15. The number of likely N-dealkylation sites (N-methyl/N-ethyl adjacent to an activating group) is 1. The average molecular weight is 209 g/mol. The van der Waals surface area contributed by atoms with Crippen LogP contribution in [0.25, 0.3) is 0 Å². The van der Waals surface area contributed by atoms with E-state index in [1.165, 1.54) is 19.3 Å². The summed E-state index contributed by atoms with van der Waals surface area (Å²) in [5.41, 5.74) is -0.00583. The molecular weight excluding hydrogens is 186 g/mol. The maximum absolute atomic E-state index is 6.02. The summed E-state index contributed by atoms with van der Waals surface area (Å²) >= 11 is 0. The smallest absolute Gasteiger partial charge is 0.0843 e. The second-order valence-corrected chi connectivity index (χ2v) is 4.31. The minimum atomic E-state index is -0.00583. The Balaban J connectivity index is 2.72. The molecule has 1 rings (SSSR count). The van der Waals surface area contributed by atoms with Gasteiger partial charge in [-0.15, -0.1) is 12.3 Å². The summed E-state index contributed by atoms with van der Waals surface area (Å²) < 4.78 is 6.02. The molecule has 1 fully saturated rings. The zero-order valence-corrected chi connectivity index (χ0v) is 10.0. The van der Waals surface area contributed by atoms with Crippen LogP contribution in [0.4, 0.5) is 0 Å². The normalized spacial score (nSPS) is 21.9. The number of ether oxygens (including phenoxy) is 1. The Bertz CT molecular complexity index is 208. The second-order valence-electron chi connectivity index (χ2n) is 4.31. The van der Waals surface area contributed by atoms with E-state index in [1.54, 1.807) is 0 Å². The lowest BCUT2D eigenvalue weighted by molar-refractivity contribution is -0.0874. The van der Waals surface area contributed by atoms with Crippen LogP contribution in [0.3, 0.4) is 0 Å². The molecule has 1 N–H and O–H groups in total. The zero-order valence-electron chi connectivity index (χ0n) is 10.0. The van der Waals surface area contributed by atoms with Crippen LogP contribution < -0.4 is 5.32 Å². The first-order valence-electron chi connectivity index (χ1n) is 6.03. The highest BCUT2D eigenvalue weighted by molar-refractivity contribution is 5.01. The van der Waals surface area contributed by atoms with Crippen molar-refractivity contribution in [3.8, 4) is 12.3 Å². The summed E-state index contributed by atoms with van der Waals surface area (Å²) in [6.45, 7) is 2.85. The van der Waals surface area contributed by atoms with Crippen LogP contribution in [0, 0.1) is 12.3 Å². The lowest BCUT2D eigenvalue weighted by atomic mass is 9.78. The molecular formula is C13H23NO. The van der Waals surface area contributed by atoms with E-state index in [2.05, 4.69) is 18.2 Å². The lowest BCUT2D eigenvalue weighted by Gasteiger charge is -2.42. The number of hydrogen-bond donors (Lipinski definition) is 1. The molecule has 0 aliphatic heterocycles. The summed E-state index contributed by atoms with van der Waals surface area (Å²) in [5, 5.41) is 3.33. The first-order chi connectivity index (χ1) is 7.29. The summed E-state index contributed by atoms with van der Waals surface area (Å²) in [6.07, 6.45) is 12.3. The molecule has 0 aromatic rings. The van der Waals surface area contributed by atoms with Crippen molar-refractivity contribution in [3.05, 3.63) is 0 Å². The van der Waals surface area contributed by atoms with Crippen molar-refractivity contribution < 1.29 is 4.74 Å². The van der Waals surface area contributed by atoms with Gasteiger partial charge in [0.15, 0.2) is 0 Å². The fraction of sp³-hybridized carbons (Fsp3) is 0.846. The monoisotopic (exact) mass is 209 g/mol. The van der Waals surface area contributed by atoms with Crippen LogP contribution in [0.15, 0.2) is 0 Å². The quantitative estimate of drug-likeness (QED) is 0.702. The molecule has 1 aliphatic carbocycles. The van der Waals surface area contributed by atoms with Gasteiger partial charge < -0.3 is 10.1 Å². The van der Waals surface area contributed by atoms with Gasteiger partial charge in [-0.2, -0.15) is 0 Å². The van der Waals surface area contributed by atoms with Crippen LogP contribution >= 0.6 is 0 Å². The standard InChI is InChI=1S/C13H23NO/c1-4-9-12(14-3)13(15-5-2)10-7-6-8-11-13/h1,12,14H,5-11H2,2-3H3. The van der Waals surface area contributed by atoms with Crippen LogP contribution in [-0.4, -0.2) is 25.3 Å². The van der Waals surface area contributed by atoms with Gasteiger partial charge >= 0.3 is 0 Å². The Labute approximate surface area is 93.8 Å². The highest BCUT2D eigenvalue weighted by Crippen LogP contribution is 2.35. The molecule has 15 heavy (non-hydrogen) atoms. The SMILES string of the molecule is C#CCC(NC)C1(OCC)CCCCC1. The van der Waals surface area contributed by atoms with Crippen LogP contribution in [0.2, 0.25) is 0 Å². The van der Waals surface area contributed by atoms with Crippen molar-refractivity contribution in [2.24, 2.45) is 0 Å². The Hall–Kier alpha value is -0.520. The number of terminal acetylenes is 1. The van der Waals surface area contributed by atoms with E-state index < -0.39 is 0 Å². The molecule has 2 heteroatoms. The molecule has 0 heterocycles. The number of nitrogens with one attached hydrogen (secondary N) is 1. The number of hydrogen-bond acceptors (Lipinski definition) is 2. The highest BCUT2D eigenvalue weighted by Gasteiger charge is 2.39. The fourth-order valence-corrected chi connectivity index (χ4v) is 2.70. The lowest BCUT2D eigenvalue weighted by Crippen LogP contribution is -2.52. The molecule has 0 aromatic carbocycles. The van der Waals surface area contributed by atoms with Gasteiger partial charge in [-0.05, 0) is 26.8 Å². The average Bonchev–Trinajstić information content (AvgIpc) is 2.27. The maximum Gasteiger partial charge on any atom is 0.0843 e. The van der Waals surface area contributed by atoms with E-state index in [0.717, 1.165) is 25.9 Å². The van der Waals surface area contributed by atoms with Crippen LogP contribution in [0.1, 0.15) is 45.4 Å². The minimum absolute atomic E-state index is 0.00583. The summed E-state index contributed by atoms with van der Waals surface area (Å²) in [7, 11) is 1.98. The predicted octanol–water partition coefficient (Wildman–Crippen LogP) is 2.34. The van der Waals surface area contributed by atoms with E-state index in [0.29, 0.717) is 6.04 Å². The molecule has 0 aromatic heterocycles. The molecule has 1 unspecified atom stereocenters. The van der Waals surface area contributed by atoms with Crippen LogP contribution in [-0.2, 0) is 4.74 Å². The Morgan fingerprint density at radius 1 is 1.40 bits per heavy atom. The van der Waals surface area contributed by atoms with Crippen molar-refractivity contribution in [3.63, 3.8) is 0 Å². The molecule has 0 radical (unpaired) electrons. The third kappa shape index (κ3) is 2.96. The minimum Gasteiger partial charge on any atom is -0.374 e. The van der Waals surface area contributed by atoms with Gasteiger partial charge in [-0.3, -0.25) is 0 Å². The van der Waals surface area contributed by atoms with Crippen LogP contribution in [0.5, 0.6) is 0 Å². The third-order valence-corrected chi connectivity index (χ3v) is 3.44. The van der Waals surface area contributed by atoms with Gasteiger partial charge in [0, 0.05) is 19.1 Å². The van der Waals surface area contributed by atoms with E-state index in [9.17, 15) is 0 Å². The Morgan fingerprint density at radius 2 is 2.07 bits per heavy atom. The van der Waals surface area contributed by atoms with Gasteiger partial charge in [0.2, 0.25) is 0 Å². The van der Waals surface area contributed by atoms with Crippen molar-refractivity contribution in [2.45, 2.75) is 57.1 Å². The highest BCUT2D eigenvalue weighted by atomic mass is 16.5. The van der Waals surface area contributed by atoms with Crippen molar-refractivity contribution in [2.75, 3.05) is 13.7 Å². The maximum atomic E-state index is 6.02. The summed E-state index contributed by atoms with van der Waals surface area (Å²) in [4.78, 5) is 0. The molecule has 1 aliphatic rings. The molecule has 1 saturated carbocycles. The topological polar surface area (TPSA) is 21.3 Å². The molecule has 1 atom stereocenters. The van der Waals surface area contributed by atoms with Crippen molar-refractivity contribution in [1.29, 1.82) is 0 Å². The third-order valence-electron chi connectivity index (χ3n) is 3.44. The summed E-state index contributed by atoms with van der Waals surface area (Å²) in [5.74, 6) is 2.76. The van der Waals surface area contributed by atoms with Gasteiger partial charge in [0.25, 0.3) is 0 Å². The number of rotatable bonds is 5. The molecule has 0 amide bonds. The fourth-order valence-electron chi connectivity index (χ4n) is 2.70.